The molecule has 1 heterocycles. The van der Waals surface area contributed by atoms with E-state index in [-0.39, 0.29) is 10.8 Å². The molecule has 1 amide bonds. The summed E-state index contributed by atoms with van der Waals surface area (Å²) in [6.07, 6.45) is 3.60. The van der Waals surface area contributed by atoms with Crippen LogP contribution < -0.4 is 0 Å². The topological polar surface area (TPSA) is 66.9 Å². The molecule has 7 heteroatoms. The van der Waals surface area contributed by atoms with Gasteiger partial charge in [0, 0.05) is 38.3 Å². The summed E-state index contributed by atoms with van der Waals surface area (Å²) in [6.45, 7) is 7.55. The minimum atomic E-state index is -3.53. The Morgan fingerprint density at radius 1 is 1.03 bits per heavy atom. The summed E-state index contributed by atoms with van der Waals surface area (Å²) < 4.78 is 33.1. The van der Waals surface area contributed by atoms with Gasteiger partial charge < -0.3 is 9.64 Å². The molecule has 180 valence electrons. The van der Waals surface area contributed by atoms with Gasteiger partial charge in [0.15, 0.2) is 0 Å². The molecule has 0 bridgehead atoms. The number of ether oxygens (including phenoxy) is 1. The Morgan fingerprint density at radius 3 is 2.30 bits per heavy atom. The average Bonchev–Trinajstić information content (AvgIpc) is 2.85. The molecule has 1 aliphatic rings. The van der Waals surface area contributed by atoms with Crippen molar-refractivity contribution in [3.05, 3.63) is 65.7 Å². The molecule has 0 saturated carbocycles. The van der Waals surface area contributed by atoms with Gasteiger partial charge in [0.2, 0.25) is 10.0 Å². The highest BCUT2D eigenvalue weighted by Gasteiger charge is 2.26. The van der Waals surface area contributed by atoms with Crippen LogP contribution in [-0.4, -0.2) is 56.3 Å². The number of hydrogen-bond donors (Lipinski definition) is 0. The van der Waals surface area contributed by atoms with Crippen LogP contribution in [0.15, 0.2) is 59.5 Å². The van der Waals surface area contributed by atoms with Crippen LogP contribution in [0.3, 0.4) is 0 Å². The van der Waals surface area contributed by atoms with Crippen LogP contribution in [0.4, 0.5) is 0 Å². The monoisotopic (exact) mass is 472 g/mol. The minimum Gasteiger partial charge on any atom is -0.376 e. The van der Waals surface area contributed by atoms with Crippen LogP contribution in [0.25, 0.3) is 0 Å². The quantitative estimate of drug-likeness (QED) is 0.481. The molecule has 33 heavy (non-hydrogen) atoms. The van der Waals surface area contributed by atoms with E-state index >= 15 is 0 Å². The van der Waals surface area contributed by atoms with Crippen molar-refractivity contribution in [3.8, 4) is 0 Å². The van der Waals surface area contributed by atoms with E-state index in [1.807, 2.05) is 36.9 Å². The standard InChI is InChI=1S/C26H36N2O4S/c1-3-5-17-28(4-2)33(30,31)25-13-11-24(12-14-25)26(29)27-18-15-23(16-19-27)21-32-20-22-9-7-6-8-10-22/h6-14,23H,3-5,15-21H2,1-2H3. The molecule has 0 radical (unpaired) electrons. The molecule has 0 N–H and O–H groups in total. The number of unbranched alkanes of at least 4 members (excludes halogenated alkanes) is 1. The van der Waals surface area contributed by atoms with Crippen molar-refractivity contribution in [1.29, 1.82) is 0 Å². The smallest absolute Gasteiger partial charge is 0.253 e. The molecule has 2 aromatic carbocycles. The molecule has 1 fully saturated rings. The fourth-order valence-electron chi connectivity index (χ4n) is 4.10. The zero-order valence-electron chi connectivity index (χ0n) is 19.8. The molecule has 1 aliphatic heterocycles. The lowest BCUT2D eigenvalue weighted by molar-refractivity contribution is 0.0478. The number of rotatable bonds is 11. The number of carbonyl (C=O) groups is 1. The van der Waals surface area contributed by atoms with E-state index in [2.05, 4.69) is 12.1 Å². The van der Waals surface area contributed by atoms with E-state index in [9.17, 15) is 13.2 Å². The molecular weight excluding hydrogens is 436 g/mol. The lowest BCUT2D eigenvalue weighted by atomic mass is 9.97. The fraction of sp³-hybridized carbons (Fsp3) is 0.500. The van der Waals surface area contributed by atoms with Gasteiger partial charge in [0.05, 0.1) is 11.5 Å². The second kappa shape index (κ2) is 12.3. The number of hydrogen-bond acceptors (Lipinski definition) is 4. The Labute approximate surface area is 198 Å². The van der Waals surface area contributed by atoms with Gasteiger partial charge in [-0.15, -0.1) is 0 Å². The SMILES string of the molecule is CCCCN(CC)S(=O)(=O)c1ccc(C(=O)N2CCC(COCc3ccccc3)CC2)cc1. The summed E-state index contributed by atoms with van der Waals surface area (Å²) >= 11 is 0. The lowest BCUT2D eigenvalue weighted by Crippen LogP contribution is -2.39. The summed E-state index contributed by atoms with van der Waals surface area (Å²) in [5, 5.41) is 0. The maximum Gasteiger partial charge on any atom is 0.253 e. The van der Waals surface area contributed by atoms with Crippen molar-refractivity contribution in [2.24, 2.45) is 5.92 Å². The van der Waals surface area contributed by atoms with Gasteiger partial charge >= 0.3 is 0 Å². The van der Waals surface area contributed by atoms with Gasteiger partial charge in [-0.3, -0.25) is 4.79 Å². The summed E-state index contributed by atoms with van der Waals surface area (Å²) in [5.41, 5.74) is 1.70. The molecule has 0 atom stereocenters. The molecule has 0 spiro atoms. The summed E-state index contributed by atoms with van der Waals surface area (Å²) in [4.78, 5) is 15.0. The van der Waals surface area contributed by atoms with Gasteiger partial charge in [0.25, 0.3) is 5.91 Å². The highest BCUT2D eigenvalue weighted by Crippen LogP contribution is 2.22. The molecule has 1 saturated heterocycles. The Morgan fingerprint density at radius 2 is 1.70 bits per heavy atom. The molecule has 0 unspecified atom stereocenters. The van der Waals surface area contributed by atoms with Gasteiger partial charge in [-0.1, -0.05) is 50.6 Å². The van der Waals surface area contributed by atoms with Crippen LogP contribution >= 0.6 is 0 Å². The van der Waals surface area contributed by atoms with Crippen molar-refractivity contribution in [2.45, 2.75) is 51.0 Å². The molecule has 2 aromatic rings. The van der Waals surface area contributed by atoms with E-state index in [4.69, 9.17) is 4.74 Å². The highest BCUT2D eigenvalue weighted by molar-refractivity contribution is 7.89. The molecule has 3 rings (SSSR count). The number of piperidine rings is 1. The Kier molecular flexibility index (Phi) is 9.47. The third-order valence-electron chi connectivity index (χ3n) is 6.22. The lowest BCUT2D eigenvalue weighted by Gasteiger charge is -2.32. The summed E-state index contributed by atoms with van der Waals surface area (Å²) in [7, 11) is -3.53. The number of benzene rings is 2. The van der Waals surface area contributed by atoms with Gasteiger partial charge in [0.1, 0.15) is 0 Å². The Hall–Kier alpha value is -2.22. The van der Waals surface area contributed by atoms with Crippen LogP contribution in [0.2, 0.25) is 0 Å². The third kappa shape index (κ3) is 6.88. The van der Waals surface area contributed by atoms with Gasteiger partial charge in [-0.2, -0.15) is 4.31 Å². The predicted molar refractivity (Wildman–Crippen MR) is 131 cm³/mol. The van der Waals surface area contributed by atoms with Crippen molar-refractivity contribution >= 4 is 15.9 Å². The van der Waals surface area contributed by atoms with Gasteiger partial charge in [-0.25, -0.2) is 8.42 Å². The zero-order chi connectivity index (χ0) is 23.7. The summed E-state index contributed by atoms with van der Waals surface area (Å²) in [5.74, 6) is 0.411. The van der Waals surface area contributed by atoms with Crippen molar-refractivity contribution in [3.63, 3.8) is 0 Å². The van der Waals surface area contributed by atoms with E-state index in [1.165, 1.54) is 9.87 Å². The maximum atomic E-state index is 12.9. The highest BCUT2D eigenvalue weighted by atomic mass is 32.2. The normalized spacial score (nSPS) is 15.2. The number of sulfonamides is 1. The van der Waals surface area contributed by atoms with E-state index in [0.29, 0.717) is 50.9 Å². The third-order valence-corrected chi connectivity index (χ3v) is 8.21. The van der Waals surface area contributed by atoms with Crippen LogP contribution in [-0.2, 0) is 21.4 Å². The minimum absolute atomic E-state index is 0.0408. The van der Waals surface area contributed by atoms with Crippen molar-refractivity contribution in [1.82, 2.24) is 9.21 Å². The van der Waals surface area contributed by atoms with Crippen LogP contribution in [0.5, 0.6) is 0 Å². The second-order valence-electron chi connectivity index (χ2n) is 8.61. The first-order valence-corrected chi connectivity index (χ1v) is 13.4. The van der Waals surface area contributed by atoms with Gasteiger partial charge in [-0.05, 0) is 55.0 Å². The Bertz CT molecular complexity index is 969. The summed E-state index contributed by atoms with van der Waals surface area (Å²) in [6, 6.07) is 16.5. The van der Waals surface area contributed by atoms with Crippen molar-refractivity contribution in [2.75, 3.05) is 32.8 Å². The average molecular weight is 473 g/mol. The van der Waals surface area contributed by atoms with Crippen LogP contribution in [0, 0.1) is 5.92 Å². The second-order valence-corrected chi connectivity index (χ2v) is 10.5. The fourth-order valence-corrected chi connectivity index (χ4v) is 5.59. The molecule has 0 aromatic heterocycles. The van der Waals surface area contributed by atoms with Crippen molar-refractivity contribution < 1.29 is 17.9 Å². The number of carbonyl (C=O) groups excluding carboxylic acids is 1. The molecular formula is C26H36N2O4S. The number of likely N-dealkylation sites (tertiary alicyclic amines) is 1. The van der Waals surface area contributed by atoms with E-state index in [1.54, 1.807) is 24.3 Å². The predicted octanol–water partition coefficient (Wildman–Crippen LogP) is 4.57. The number of nitrogens with zero attached hydrogens (tertiary/aromatic N) is 2. The number of amides is 1. The molecule has 6 nitrogen and oxygen atoms in total. The first-order valence-electron chi connectivity index (χ1n) is 12.0. The Balaban J connectivity index is 1.50. The largest absolute Gasteiger partial charge is 0.376 e. The maximum absolute atomic E-state index is 12.9. The van der Waals surface area contributed by atoms with Crippen LogP contribution in [0.1, 0.15) is 55.5 Å². The first kappa shape index (κ1) is 25.4. The molecule has 0 aliphatic carbocycles. The first-order chi connectivity index (χ1) is 16.0. The van der Waals surface area contributed by atoms with E-state index in [0.717, 1.165) is 25.7 Å². The zero-order valence-corrected chi connectivity index (χ0v) is 20.6. The van der Waals surface area contributed by atoms with E-state index < -0.39 is 10.0 Å².